The van der Waals surface area contributed by atoms with Gasteiger partial charge in [0.25, 0.3) is 0 Å². The average molecular weight is 221 g/mol. The van der Waals surface area contributed by atoms with Gasteiger partial charge >= 0.3 is 0 Å². The highest BCUT2D eigenvalue weighted by molar-refractivity contribution is 5.35. The molecular formula is C13H19NO2. The summed E-state index contributed by atoms with van der Waals surface area (Å²) in [4.78, 5) is 0. The van der Waals surface area contributed by atoms with Gasteiger partial charge in [0.05, 0.1) is 6.61 Å². The zero-order chi connectivity index (χ0) is 11.4. The summed E-state index contributed by atoms with van der Waals surface area (Å²) in [7, 11) is 0. The summed E-state index contributed by atoms with van der Waals surface area (Å²) in [6, 6.07) is 6.23. The fraction of sp³-hybridized carbons (Fsp3) is 0.538. The Morgan fingerprint density at radius 2 is 2.31 bits per heavy atom. The predicted molar refractivity (Wildman–Crippen MR) is 64.0 cm³/mol. The van der Waals surface area contributed by atoms with Gasteiger partial charge in [-0.25, -0.2) is 0 Å². The smallest absolute Gasteiger partial charge is 0.122 e. The first-order valence-electron chi connectivity index (χ1n) is 5.78. The van der Waals surface area contributed by atoms with Gasteiger partial charge in [-0.1, -0.05) is 17.7 Å². The monoisotopic (exact) mass is 221 g/mol. The van der Waals surface area contributed by atoms with Crippen molar-refractivity contribution < 1.29 is 9.47 Å². The van der Waals surface area contributed by atoms with Crippen LogP contribution in [-0.2, 0) is 4.74 Å². The number of hydrogen-bond donors (Lipinski definition) is 1. The van der Waals surface area contributed by atoms with E-state index in [1.165, 1.54) is 11.1 Å². The van der Waals surface area contributed by atoms with Gasteiger partial charge in [-0.05, 0) is 25.5 Å². The van der Waals surface area contributed by atoms with Crippen molar-refractivity contribution in [1.29, 1.82) is 0 Å². The van der Waals surface area contributed by atoms with Crippen LogP contribution in [0.4, 0.5) is 0 Å². The summed E-state index contributed by atoms with van der Waals surface area (Å²) in [6.45, 7) is 7.38. The molecule has 0 amide bonds. The molecule has 1 unspecified atom stereocenters. The molecule has 1 heterocycles. The predicted octanol–water partition coefficient (Wildman–Crippen LogP) is 1.67. The molecule has 0 saturated carbocycles. The van der Waals surface area contributed by atoms with E-state index in [-0.39, 0.29) is 6.10 Å². The molecule has 0 bridgehead atoms. The summed E-state index contributed by atoms with van der Waals surface area (Å²) >= 11 is 0. The molecule has 1 aliphatic rings. The first-order chi connectivity index (χ1) is 7.75. The molecule has 1 saturated heterocycles. The third-order valence-electron chi connectivity index (χ3n) is 2.76. The summed E-state index contributed by atoms with van der Waals surface area (Å²) < 4.78 is 11.3. The molecule has 1 N–H and O–H groups in total. The van der Waals surface area contributed by atoms with E-state index in [1.54, 1.807) is 0 Å². The molecule has 1 aromatic carbocycles. The Kier molecular flexibility index (Phi) is 3.80. The van der Waals surface area contributed by atoms with Gasteiger partial charge < -0.3 is 14.8 Å². The average Bonchev–Trinajstić information content (AvgIpc) is 2.29. The SMILES string of the molecule is Cc1ccc(OCC2CNCCO2)c(C)c1. The van der Waals surface area contributed by atoms with Gasteiger partial charge in [0, 0.05) is 13.1 Å². The zero-order valence-electron chi connectivity index (χ0n) is 9.95. The summed E-state index contributed by atoms with van der Waals surface area (Å²) in [5, 5.41) is 3.29. The first kappa shape index (κ1) is 11.4. The number of nitrogens with one attached hydrogen (secondary N) is 1. The molecule has 2 rings (SSSR count). The quantitative estimate of drug-likeness (QED) is 0.842. The molecule has 0 spiro atoms. The first-order valence-corrected chi connectivity index (χ1v) is 5.78. The lowest BCUT2D eigenvalue weighted by Crippen LogP contribution is -2.41. The Bertz CT molecular complexity index is 346. The molecule has 16 heavy (non-hydrogen) atoms. The van der Waals surface area contributed by atoms with Crippen LogP contribution in [-0.4, -0.2) is 32.4 Å². The van der Waals surface area contributed by atoms with Crippen molar-refractivity contribution in [2.24, 2.45) is 0 Å². The number of morpholine rings is 1. The minimum Gasteiger partial charge on any atom is -0.491 e. The maximum absolute atomic E-state index is 5.77. The van der Waals surface area contributed by atoms with Crippen LogP contribution < -0.4 is 10.1 Å². The molecule has 1 aliphatic heterocycles. The maximum Gasteiger partial charge on any atom is 0.122 e. The molecule has 3 nitrogen and oxygen atoms in total. The van der Waals surface area contributed by atoms with E-state index in [2.05, 4.69) is 31.3 Å². The van der Waals surface area contributed by atoms with Gasteiger partial charge in [0.1, 0.15) is 18.5 Å². The Labute approximate surface area is 96.8 Å². The summed E-state index contributed by atoms with van der Waals surface area (Å²) in [5.41, 5.74) is 2.45. The van der Waals surface area contributed by atoms with Crippen molar-refractivity contribution in [2.75, 3.05) is 26.3 Å². The molecular weight excluding hydrogens is 202 g/mol. The van der Waals surface area contributed by atoms with Crippen LogP contribution in [0.2, 0.25) is 0 Å². The minimum absolute atomic E-state index is 0.175. The van der Waals surface area contributed by atoms with Crippen molar-refractivity contribution in [3.8, 4) is 5.75 Å². The largest absolute Gasteiger partial charge is 0.491 e. The molecule has 0 aromatic heterocycles. The Morgan fingerprint density at radius 1 is 1.44 bits per heavy atom. The molecule has 0 radical (unpaired) electrons. The topological polar surface area (TPSA) is 30.5 Å². The lowest BCUT2D eigenvalue weighted by atomic mass is 10.1. The molecule has 0 aliphatic carbocycles. The van der Waals surface area contributed by atoms with E-state index >= 15 is 0 Å². The highest BCUT2D eigenvalue weighted by atomic mass is 16.5. The lowest BCUT2D eigenvalue weighted by molar-refractivity contribution is 0.0000654. The fourth-order valence-corrected chi connectivity index (χ4v) is 1.87. The normalized spacial score (nSPS) is 20.8. The molecule has 88 valence electrons. The number of rotatable bonds is 3. The highest BCUT2D eigenvalue weighted by Crippen LogP contribution is 2.19. The summed E-state index contributed by atoms with van der Waals surface area (Å²) in [6.07, 6.45) is 0.175. The number of ether oxygens (including phenoxy) is 2. The second kappa shape index (κ2) is 5.32. The van der Waals surface area contributed by atoms with Crippen molar-refractivity contribution in [2.45, 2.75) is 20.0 Å². The van der Waals surface area contributed by atoms with Gasteiger partial charge in [-0.2, -0.15) is 0 Å². The van der Waals surface area contributed by atoms with Gasteiger partial charge in [0.2, 0.25) is 0 Å². The Morgan fingerprint density at radius 3 is 3.00 bits per heavy atom. The van der Waals surface area contributed by atoms with Crippen molar-refractivity contribution in [1.82, 2.24) is 5.32 Å². The Balaban J connectivity index is 1.88. The second-order valence-electron chi connectivity index (χ2n) is 4.28. The molecule has 1 aromatic rings. The van der Waals surface area contributed by atoms with Crippen molar-refractivity contribution >= 4 is 0 Å². The van der Waals surface area contributed by atoms with E-state index in [0.29, 0.717) is 6.61 Å². The Hall–Kier alpha value is -1.06. The van der Waals surface area contributed by atoms with E-state index < -0.39 is 0 Å². The van der Waals surface area contributed by atoms with Crippen LogP contribution in [0.1, 0.15) is 11.1 Å². The third kappa shape index (κ3) is 2.97. The minimum atomic E-state index is 0.175. The van der Waals surface area contributed by atoms with E-state index in [0.717, 1.165) is 25.4 Å². The van der Waals surface area contributed by atoms with Crippen molar-refractivity contribution in [3.63, 3.8) is 0 Å². The van der Waals surface area contributed by atoms with Gasteiger partial charge in [0.15, 0.2) is 0 Å². The van der Waals surface area contributed by atoms with Crippen LogP contribution in [0.3, 0.4) is 0 Å². The number of benzene rings is 1. The number of aryl methyl sites for hydroxylation is 2. The van der Waals surface area contributed by atoms with Gasteiger partial charge in [-0.3, -0.25) is 0 Å². The van der Waals surface area contributed by atoms with E-state index in [1.807, 2.05) is 6.07 Å². The van der Waals surface area contributed by atoms with E-state index in [9.17, 15) is 0 Å². The summed E-state index contributed by atoms with van der Waals surface area (Å²) in [5.74, 6) is 0.958. The van der Waals surface area contributed by atoms with Crippen LogP contribution in [0, 0.1) is 13.8 Å². The third-order valence-corrected chi connectivity index (χ3v) is 2.76. The standard InChI is InChI=1S/C13H19NO2/c1-10-3-4-13(11(2)7-10)16-9-12-8-14-5-6-15-12/h3-4,7,12,14H,5-6,8-9H2,1-2H3. The molecule has 1 atom stereocenters. The van der Waals surface area contributed by atoms with Crippen LogP contribution >= 0.6 is 0 Å². The highest BCUT2D eigenvalue weighted by Gasteiger charge is 2.14. The van der Waals surface area contributed by atoms with Crippen molar-refractivity contribution in [3.05, 3.63) is 29.3 Å². The zero-order valence-corrected chi connectivity index (χ0v) is 9.95. The van der Waals surface area contributed by atoms with Crippen LogP contribution in [0.5, 0.6) is 5.75 Å². The molecule has 1 fully saturated rings. The number of hydrogen-bond acceptors (Lipinski definition) is 3. The lowest BCUT2D eigenvalue weighted by Gasteiger charge is -2.24. The molecule has 3 heteroatoms. The van der Waals surface area contributed by atoms with Crippen LogP contribution in [0.15, 0.2) is 18.2 Å². The van der Waals surface area contributed by atoms with Gasteiger partial charge in [-0.15, -0.1) is 0 Å². The maximum atomic E-state index is 5.77. The van der Waals surface area contributed by atoms with Crippen LogP contribution in [0.25, 0.3) is 0 Å². The fourth-order valence-electron chi connectivity index (χ4n) is 1.87. The van der Waals surface area contributed by atoms with E-state index in [4.69, 9.17) is 9.47 Å². The second-order valence-corrected chi connectivity index (χ2v) is 4.28.